The zero-order chi connectivity index (χ0) is 15.7. The van der Waals surface area contributed by atoms with Crippen LogP contribution in [0.2, 0.25) is 5.15 Å². The van der Waals surface area contributed by atoms with E-state index >= 15 is 0 Å². The molecule has 0 bridgehead atoms. The Labute approximate surface area is 126 Å². The Balaban J connectivity index is 2.05. The fourth-order valence-corrected chi connectivity index (χ4v) is 2.69. The summed E-state index contributed by atoms with van der Waals surface area (Å²) < 4.78 is 38.1. The standard InChI is InChI=1S/C14H18ClF3N2O/c1-9-2-4-13(21,5-3-9)8-19-12-7-10(14(16,17)18)6-11(15)20-12/h6-7,9,21H,2-5,8H2,1H3,(H,19,20). The van der Waals surface area contributed by atoms with Crippen LogP contribution in [0, 0.1) is 5.92 Å². The summed E-state index contributed by atoms with van der Waals surface area (Å²) in [6, 6.07) is 1.68. The molecule has 1 aliphatic rings. The molecular formula is C14H18ClF3N2O. The highest BCUT2D eigenvalue weighted by molar-refractivity contribution is 6.29. The van der Waals surface area contributed by atoms with Crippen molar-refractivity contribution in [2.24, 2.45) is 5.92 Å². The first-order chi connectivity index (χ1) is 9.68. The van der Waals surface area contributed by atoms with Crippen molar-refractivity contribution < 1.29 is 18.3 Å². The number of pyridine rings is 1. The number of anilines is 1. The second-order valence-corrected chi connectivity index (χ2v) is 6.21. The Morgan fingerprint density at radius 1 is 1.38 bits per heavy atom. The Morgan fingerprint density at radius 2 is 2.00 bits per heavy atom. The minimum atomic E-state index is -4.47. The van der Waals surface area contributed by atoms with Crippen molar-refractivity contribution in [2.45, 2.75) is 44.4 Å². The number of hydrogen-bond donors (Lipinski definition) is 2. The summed E-state index contributed by atoms with van der Waals surface area (Å²) in [4.78, 5) is 3.82. The molecule has 0 amide bonds. The lowest BCUT2D eigenvalue weighted by molar-refractivity contribution is -0.137. The van der Waals surface area contributed by atoms with E-state index in [-0.39, 0.29) is 17.5 Å². The van der Waals surface area contributed by atoms with Crippen molar-refractivity contribution in [1.29, 1.82) is 0 Å². The summed E-state index contributed by atoms with van der Waals surface area (Å²) in [6.07, 6.45) is -1.38. The second kappa shape index (κ2) is 6.01. The molecule has 0 atom stereocenters. The van der Waals surface area contributed by atoms with Gasteiger partial charge in [-0.3, -0.25) is 0 Å². The highest BCUT2D eigenvalue weighted by atomic mass is 35.5. The van der Waals surface area contributed by atoms with Crippen molar-refractivity contribution in [2.75, 3.05) is 11.9 Å². The highest BCUT2D eigenvalue weighted by Gasteiger charge is 2.33. The van der Waals surface area contributed by atoms with Gasteiger partial charge in [0.25, 0.3) is 0 Å². The summed E-state index contributed by atoms with van der Waals surface area (Å²) in [5.74, 6) is 0.605. The van der Waals surface area contributed by atoms with E-state index in [4.69, 9.17) is 11.6 Å². The number of halogens is 4. The Morgan fingerprint density at radius 3 is 2.57 bits per heavy atom. The van der Waals surface area contributed by atoms with Gasteiger partial charge in [-0.2, -0.15) is 13.2 Å². The van der Waals surface area contributed by atoms with E-state index < -0.39 is 17.3 Å². The van der Waals surface area contributed by atoms with Crippen LogP contribution in [-0.2, 0) is 6.18 Å². The van der Waals surface area contributed by atoms with Crippen LogP contribution in [0.3, 0.4) is 0 Å². The van der Waals surface area contributed by atoms with E-state index in [0.29, 0.717) is 18.8 Å². The average Bonchev–Trinajstić information content (AvgIpc) is 2.39. The second-order valence-electron chi connectivity index (χ2n) is 5.82. The van der Waals surface area contributed by atoms with Crippen LogP contribution in [-0.4, -0.2) is 22.2 Å². The number of rotatable bonds is 3. The van der Waals surface area contributed by atoms with Gasteiger partial charge in [0.15, 0.2) is 0 Å². The van der Waals surface area contributed by atoms with Crippen LogP contribution in [0.15, 0.2) is 12.1 Å². The molecule has 1 heterocycles. The summed E-state index contributed by atoms with van der Waals surface area (Å²) >= 11 is 5.62. The van der Waals surface area contributed by atoms with Crippen molar-refractivity contribution in [3.63, 3.8) is 0 Å². The van der Waals surface area contributed by atoms with Crippen LogP contribution < -0.4 is 5.32 Å². The van der Waals surface area contributed by atoms with E-state index in [1.165, 1.54) is 0 Å². The maximum absolute atomic E-state index is 12.7. The molecule has 1 fully saturated rings. The monoisotopic (exact) mass is 322 g/mol. The molecule has 2 N–H and O–H groups in total. The van der Waals surface area contributed by atoms with Gasteiger partial charge in [-0.25, -0.2) is 4.98 Å². The van der Waals surface area contributed by atoms with Gasteiger partial charge in [0.05, 0.1) is 11.2 Å². The van der Waals surface area contributed by atoms with Crippen LogP contribution in [0.4, 0.5) is 19.0 Å². The molecule has 1 saturated carbocycles. The van der Waals surface area contributed by atoms with Gasteiger partial charge in [-0.15, -0.1) is 0 Å². The molecule has 7 heteroatoms. The molecule has 0 spiro atoms. The van der Waals surface area contributed by atoms with Gasteiger partial charge >= 0.3 is 6.18 Å². The minimum Gasteiger partial charge on any atom is -0.388 e. The number of hydrogen-bond acceptors (Lipinski definition) is 3. The number of aliphatic hydroxyl groups is 1. The third-order valence-corrected chi connectivity index (χ3v) is 4.12. The molecule has 3 nitrogen and oxygen atoms in total. The fourth-order valence-electron chi connectivity index (χ4n) is 2.48. The Bertz CT molecular complexity index is 499. The van der Waals surface area contributed by atoms with Gasteiger partial charge in [-0.1, -0.05) is 18.5 Å². The van der Waals surface area contributed by atoms with Gasteiger partial charge < -0.3 is 10.4 Å². The molecular weight excluding hydrogens is 305 g/mol. The minimum absolute atomic E-state index is 0.0295. The third kappa shape index (κ3) is 4.48. The quantitative estimate of drug-likeness (QED) is 0.823. The number of aromatic nitrogens is 1. The van der Waals surface area contributed by atoms with Crippen LogP contribution >= 0.6 is 11.6 Å². The highest BCUT2D eigenvalue weighted by Crippen LogP contribution is 2.34. The summed E-state index contributed by atoms with van der Waals surface area (Å²) in [5.41, 5.74) is -1.75. The molecule has 0 aromatic carbocycles. The summed E-state index contributed by atoms with van der Waals surface area (Å²) in [7, 11) is 0. The van der Waals surface area contributed by atoms with Crippen molar-refractivity contribution in [1.82, 2.24) is 4.98 Å². The van der Waals surface area contributed by atoms with E-state index in [0.717, 1.165) is 25.0 Å². The molecule has 0 saturated heterocycles. The van der Waals surface area contributed by atoms with E-state index in [2.05, 4.69) is 17.2 Å². The zero-order valence-corrected chi connectivity index (χ0v) is 12.4. The van der Waals surface area contributed by atoms with E-state index in [1.807, 2.05) is 0 Å². The van der Waals surface area contributed by atoms with Gasteiger partial charge in [-0.05, 0) is 43.7 Å². The average molecular weight is 323 g/mol. The molecule has 2 rings (SSSR count). The maximum Gasteiger partial charge on any atom is 0.416 e. The first-order valence-electron chi connectivity index (χ1n) is 6.89. The normalized spacial score (nSPS) is 26.7. The number of nitrogens with one attached hydrogen (secondary N) is 1. The van der Waals surface area contributed by atoms with Crippen LogP contribution in [0.1, 0.15) is 38.2 Å². The predicted molar refractivity (Wildman–Crippen MR) is 75.3 cm³/mol. The zero-order valence-electron chi connectivity index (χ0n) is 11.7. The lowest BCUT2D eigenvalue weighted by Gasteiger charge is -2.35. The van der Waals surface area contributed by atoms with Crippen molar-refractivity contribution >= 4 is 17.4 Å². The van der Waals surface area contributed by atoms with Gasteiger partial charge in [0.1, 0.15) is 11.0 Å². The predicted octanol–water partition coefficient (Wildman–Crippen LogP) is 4.11. The number of nitrogens with zero attached hydrogens (tertiary/aromatic N) is 1. The fraction of sp³-hybridized carbons (Fsp3) is 0.643. The number of alkyl halides is 3. The smallest absolute Gasteiger partial charge is 0.388 e. The topological polar surface area (TPSA) is 45.1 Å². The molecule has 1 aromatic rings. The Hall–Kier alpha value is -1.01. The van der Waals surface area contributed by atoms with Crippen LogP contribution in [0.25, 0.3) is 0 Å². The third-order valence-electron chi connectivity index (χ3n) is 3.92. The maximum atomic E-state index is 12.7. The van der Waals surface area contributed by atoms with Crippen molar-refractivity contribution in [3.05, 3.63) is 22.8 Å². The molecule has 0 radical (unpaired) electrons. The first-order valence-corrected chi connectivity index (χ1v) is 7.27. The summed E-state index contributed by atoms with van der Waals surface area (Å²) in [5, 5.41) is 13.0. The van der Waals surface area contributed by atoms with Gasteiger partial charge in [0.2, 0.25) is 0 Å². The van der Waals surface area contributed by atoms with Crippen LogP contribution in [0.5, 0.6) is 0 Å². The summed E-state index contributed by atoms with van der Waals surface area (Å²) in [6.45, 7) is 2.30. The van der Waals surface area contributed by atoms with Crippen molar-refractivity contribution in [3.8, 4) is 0 Å². The van der Waals surface area contributed by atoms with E-state index in [9.17, 15) is 18.3 Å². The van der Waals surface area contributed by atoms with E-state index in [1.54, 1.807) is 0 Å². The molecule has 1 aliphatic carbocycles. The first kappa shape index (κ1) is 16.4. The lowest BCUT2D eigenvalue weighted by atomic mass is 9.79. The molecule has 0 unspecified atom stereocenters. The van der Waals surface area contributed by atoms with Gasteiger partial charge in [0, 0.05) is 6.54 Å². The SMILES string of the molecule is CC1CCC(O)(CNc2cc(C(F)(F)F)cc(Cl)n2)CC1. The lowest BCUT2D eigenvalue weighted by Crippen LogP contribution is -2.40. The molecule has 21 heavy (non-hydrogen) atoms. The molecule has 0 aliphatic heterocycles. The molecule has 1 aromatic heterocycles. The Kier molecular flexibility index (Phi) is 4.68. The molecule has 118 valence electrons. The largest absolute Gasteiger partial charge is 0.416 e.